The SMILES string of the molecule is C=CC(=O)NCCC1=CC(=O)N(c2ccccc2)C1=O. The van der Waals surface area contributed by atoms with Crippen molar-refractivity contribution in [2.75, 3.05) is 11.4 Å². The number of para-hydroxylation sites is 1. The normalized spacial score (nSPS) is 14.2. The molecule has 0 saturated carbocycles. The van der Waals surface area contributed by atoms with E-state index in [1.807, 2.05) is 6.07 Å². The summed E-state index contributed by atoms with van der Waals surface area (Å²) in [5, 5.41) is 2.57. The van der Waals surface area contributed by atoms with Crippen LogP contribution in [0.3, 0.4) is 0 Å². The van der Waals surface area contributed by atoms with E-state index in [-0.39, 0.29) is 17.7 Å². The van der Waals surface area contributed by atoms with Crippen molar-refractivity contribution in [3.63, 3.8) is 0 Å². The Balaban J connectivity index is 2.02. The zero-order chi connectivity index (χ0) is 14.5. The van der Waals surface area contributed by atoms with Crippen LogP contribution in [0.1, 0.15) is 6.42 Å². The highest BCUT2D eigenvalue weighted by Crippen LogP contribution is 2.23. The topological polar surface area (TPSA) is 66.5 Å². The molecule has 0 saturated heterocycles. The van der Waals surface area contributed by atoms with E-state index < -0.39 is 0 Å². The molecule has 0 unspecified atom stereocenters. The fourth-order valence-electron chi connectivity index (χ4n) is 1.91. The van der Waals surface area contributed by atoms with E-state index in [0.717, 1.165) is 11.0 Å². The van der Waals surface area contributed by atoms with E-state index in [0.29, 0.717) is 24.2 Å². The van der Waals surface area contributed by atoms with E-state index in [9.17, 15) is 14.4 Å². The second kappa shape index (κ2) is 5.97. The second-order valence-corrected chi connectivity index (χ2v) is 4.23. The Morgan fingerprint density at radius 2 is 1.95 bits per heavy atom. The van der Waals surface area contributed by atoms with E-state index in [2.05, 4.69) is 11.9 Å². The van der Waals surface area contributed by atoms with Gasteiger partial charge >= 0.3 is 0 Å². The zero-order valence-corrected chi connectivity index (χ0v) is 10.8. The summed E-state index contributed by atoms with van der Waals surface area (Å²) < 4.78 is 0. The van der Waals surface area contributed by atoms with Crippen LogP contribution in [0.5, 0.6) is 0 Å². The van der Waals surface area contributed by atoms with Gasteiger partial charge in [0.1, 0.15) is 0 Å². The van der Waals surface area contributed by atoms with Crippen LogP contribution >= 0.6 is 0 Å². The molecule has 1 heterocycles. The van der Waals surface area contributed by atoms with Crippen LogP contribution in [0, 0.1) is 0 Å². The third-order valence-electron chi connectivity index (χ3n) is 2.89. The molecule has 0 aliphatic carbocycles. The van der Waals surface area contributed by atoms with Crippen LogP contribution in [0.2, 0.25) is 0 Å². The minimum Gasteiger partial charge on any atom is -0.352 e. The Kier molecular flexibility index (Phi) is 4.10. The maximum atomic E-state index is 12.2. The number of imide groups is 1. The Morgan fingerprint density at radius 1 is 1.25 bits per heavy atom. The molecule has 5 nitrogen and oxygen atoms in total. The highest BCUT2D eigenvalue weighted by molar-refractivity contribution is 6.30. The number of anilines is 1. The first-order chi connectivity index (χ1) is 9.63. The van der Waals surface area contributed by atoms with Gasteiger partial charge in [0.2, 0.25) is 5.91 Å². The van der Waals surface area contributed by atoms with Gasteiger partial charge in [0.05, 0.1) is 5.69 Å². The number of nitrogens with one attached hydrogen (secondary N) is 1. The summed E-state index contributed by atoms with van der Waals surface area (Å²) in [7, 11) is 0. The van der Waals surface area contributed by atoms with Crippen LogP contribution in [-0.2, 0) is 14.4 Å². The number of carbonyl (C=O) groups excluding carboxylic acids is 3. The largest absolute Gasteiger partial charge is 0.352 e. The molecule has 0 radical (unpaired) electrons. The Morgan fingerprint density at radius 3 is 2.60 bits per heavy atom. The predicted octanol–water partition coefficient (Wildman–Crippen LogP) is 1.18. The van der Waals surface area contributed by atoms with E-state index in [4.69, 9.17) is 0 Å². The Hall–Kier alpha value is -2.69. The smallest absolute Gasteiger partial charge is 0.261 e. The van der Waals surface area contributed by atoms with Crippen molar-refractivity contribution in [3.05, 3.63) is 54.6 Å². The lowest BCUT2D eigenvalue weighted by atomic mass is 10.2. The molecule has 1 N–H and O–H groups in total. The van der Waals surface area contributed by atoms with Crippen molar-refractivity contribution in [1.82, 2.24) is 5.32 Å². The van der Waals surface area contributed by atoms with Gasteiger partial charge in [-0.15, -0.1) is 0 Å². The third kappa shape index (κ3) is 2.83. The lowest BCUT2D eigenvalue weighted by molar-refractivity contribution is -0.120. The molecule has 2 rings (SSSR count). The summed E-state index contributed by atoms with van der Waals surface area (Å²) in [6.07, 6.45) is 2.79. The summed E-state index contributed by atoms with van der Waals surface area (Å²) >= 11 is 0. The second-order valence-electron chi connectivity index (χ2n) is 4.23. The average Bonchev–Trinajstić information content (AvgIpc) is 2.74. The molecule has 0 fully saturated rings. The van der Waals surface area contributed by atoms with Gasteiger partial charge in [-0.1, -0.05) is 24.8 Å². The highest BCUT2D eigenvalue weighted by atomic mass is 16.2. The molecule has 1 aromatic rings. The van der Waals surface area contributed by atoms with Crippen molar-refractivity contribution in [2.45, 2.75) is 6.42 Å². The van der Waals surface area contributed by atoms with Crippen LogP contribution < -0.4 is 10.2 Å². The predicted molar refractivity (Wildman–Crippen MR) is 74.8 cm³/mol. The van der Waals surface area contributed by atoms with Crippen molar-refractivity contribution in [3.8, 4) is 0 Å². The molecule has 20 heavy (non-hydrogen) atoms. The molecular formula is C15H14N2O3. The van der Waals surface area contributed by atoms with Gasteiger partial charge in [-0.3, -0.25) is 14.4 Å². The maximum absolute atomic E-state index is 12.2. The number of hydrogen-bond donors (Lipinski definition) is 1. The lowest BCUT2D eigenvalue weighted by Gasteiger charge is -2.14. The lowest BCUT2D eigenvalue weighted by Crippen LogP contribution is -2.31. The molecule has 5 heteroatoms. The Labute approximate surface area is 116 Å². The summed E-state index contributed by atoms with van der Waals surface area (Å²) in [5.41, 5.74) is 0.937. The standard InChI is InChI=1S/C15H14N2O3/c1-2-13(18)16-9-8-11-10-14(19)17(15(11)20)12-6-4-3-5-7-12/h2-7,10H,1,8-9H2,(H,16,18). The first kappa shape index (κ1) is 13.7. The molecule has 0 aromatic heterocycles. The number of amides is 3. The first-order valence-corrected chi connectivity index (χ1v) is 6.18. The summed E-state index contributed by atoms with van der Waals surface area (Å²) in [6, 6.07) is 8.74. The van der Waals surface area contributed by atoms with Crippen molar-refractivity contribution in [2.24, 2.45) is 0 Å². The quantitative estimate of drug-likeness (QED) is 0.645. The van der Waals surface area contributed by atoms with Crippen molar-refractivity contribution < 1.29 is 14.4 Å². The minimum absolute atomic E-state index is 0.290. The fraction of sp³-hybridized carbons (Fsp3) is 0.133. The van der Waals surface area contributed by atoms with E-state index in [1.165, 1.54) is 6.08 Å². The monoisotopic (exact) mass is 270 g/mol. The summed E-state index contributed by atoms with van der Waals surface area (Å²) in [5.74, 6) is -0.998. The van der Waals surface area contributed by atoms with Gasteiger partial charge in [0.25, 0.3) is 11.8 Å². The number of nitrogens with zero attached hydrogens (tertiary/aromatic N) is 1. The van der Waals surface area contributed by atoms with Crippen molar-refractivity contribution >= 4 is 23.4 Å². The molecule has 0 spiro atoms. The van der Waals surface area contributed by atoms with Gasteiger partial charge < -0.3 is 5.32 Å². The molecule has 1 aromatic carbocycles. The average molecular weight is 270 g/mol. The Bertz CT molecular complexity index is 590. The number of rotatable bonds is 5. The molecule has 0 bridgehead atoms. The van der Waals surface area contributed by atoms with Gasteiger partial charge in [-0.05, 0) is 24.6 Å². The van der Waals surface area contributed by atoms with Crippen LogP contribution in [0.15, 0.2) is 54.6 Å². The molecule has 0 atom stereocenters. The molecule has 102 valence electrons. The van der Waals surface area contributed by atoms with E-state index in [1.54, 1.807) is 24.3 Å². The van der Waals surface area contributed by atoms with Gasteiger partial charge in [0, 0.05) is 18.2 Å². The maximum Gasteiger partial charge on any atom is 0.261 e. The van der Waals surface area contributed by atoms with Gasteiger partial charge in [0.15, 0.2) is 0 Å². The molecule has 1 aliphatic heterocycles. The van der Waals surface area contributed by atoms with Crippen LogP contribution in [0.4, 0.5) is 5.69 Å². The first-order valence-electron chi connectivity index (χ1n) is 6.18. The van der Waals surface area contributed by atoms with Crippen LogP contribution in [-0.4, -0.2) is 24.3 Å². The molecular weight excluding hydrogens is 256 g/mol. The number of carbonyl (C=O) groups is 3. The fourth-order valence-corrected chi connectivity index (χ4v) is 1.91. The van der Waals surface area contributed by atoms with E-state index >= 15 is 0 Å². The van der Waals surface area contributed by atoms with Crippen molar-refractivity contribution in [1.29, 1.82) is 0 Å². The summed E-state index contributed by atoms with van der Waals surface area (Å²) in [6.45, 7) is 3.62. The van der Waals surface area contributed by atoms with Crippen LogP contribution in [0.25, 0.3) is 0 Å². The van der Waals surface area contributed by atoms with Gasteiger partial charge in [-0.2, -0.15) is 0 Å². The third-order valence-corrected chi connectivity index (χ3v) is 2.89. The minimum atomic E-state index is -0.355. The zero-order valence-electron chi connectivity index (χ0n) is 10.8. The van der Waals surface area contributed by atoms with Gasteiger partial charge in [-0.25, -0.2) is 4.90 Å². The highest BCUT2D eigenvalue weighted by Gasteiger charge is 2.31. The molecule has 1 aliphatic rings. The number of hydrogen-bond acceptors (Lipinski definition) is 3. The summed E-state index contributed by atoms with van der Waals surface area (Å²) in [4.78, 5) is 36.2. The molecule has 3 amide bonds. The number of benzene rings is 1.